The van der Waals surface area contributed by atoms with Crippen molar-refractivity contribution in [2.45, 2.75) is 61.6 Å². The Hall–Kier alpha value is -2.76. The fourth-order valence-corrected chi connectivity index (χ4v) is 5.18. The second kappa shape index (κ2) is 8.88. The van der Waals surface area contributed by atoms with Crippen LogP contribution in [-0.4, -0.2) is 70.3 Å². The van der Waals surface area contributed by atoms with Crippen LogP contribution in [0.1, 0.15) is 43.7 Å². The molecule has 2 saturated carbocycles. The first kappa shape index (κ1) is 22.1. The number of thioether (sulfide) groups is 1. The van der Waals surface area contributed by atoms with Gasteiger partial charge in [0.15, 0.2) is 22.1 Å². The van der Waals surface area contributed by atoms with Crippen molar-refractivity contribution in [1.29, 1.82) is 0 Å². The Morgan fingerprint density at radius 3 is 2.67 bits per heavy atom. The fraction of sp³-hybridized carbons (Fsp3) is 0.500. The summed E-state index contributed by atoms with van der Waals surface area (Å²) in [5.74, 6) is -0.410. The van der Waals surface area contributed by atoms with Crippen LogP contribution in [0.5, 0.6) is 0 Å². The van der Waals surface area contributed by atoms with Crippen molar-refractivity contribution in [3.05, 3.63) is 35.9 Å². The van der Waals surface area contributed by atoms with Gasteiger partial charge in [0.2, 0.25) is 0 Å². The van der Waals surface area contributed by atoms with Gasteiger partial charge in [0.05, 0.1) is 18.1 Å². The van der Waals surface area contributed by atoms with Crippen molar-refractivity contribution in [2.24, 2.45) is 5.92 Å². The van der Waals surface area contributed by atoms with E-state index in [1.54, 1.807) is 0 Å². The zero-order valence-electron chi connectivity index (χ0n) is 18.1. The van der Waals surface area contributed by atoms with E-state index in [0.717, 1.165) is 18.6 Å². The summed E-state index contributed by atoms with van der Waals surface area (Å²) in [7, 11) is 0. The first-order valence-electron chi connectivity index (χ1n) is 11.1. The maximum atomic E-state index is 11.5. The molecule has 5 rings (SSSR count). The van der Waals surface area contributed by atoms with Crippen LogP contribution < -0.4 is 5.32 Å². The monoisotopic (exact) mass is 470 g/mol. The Morgan fingerprint density at radius 2 is 1.97 bits per heavy atom. The number of nitrogens with zero attached hydrogens (tertiary/aromatic N) is 5. The van der Waals surface area contributed by atoms with E-state index < -0.39 is 30.1 Å². The molecule has 0 spiro atoms. The summed E-state index contributed by atoms with van der Waals surface area (Å²) in [5.41, 5.74) is 2.16. The number of carbonyl (C=O) groups is 1. The number of benzene rings is 1. The average molecular weight is 471 g/mol. The lowest BCUT2D eigenvalue weighted by atomic mass is 10.1. The summed E-state index contributed by atoms with van der Waals surface area (Å²) >= 11 is 1.52. The minimum atomic E-state index is -1.38. The number of carboxylic acids is 1. The molecule has 2 fully saturated rings. The Morgan fingerprint density at radius 1 is 1.18 bits per heavy atom. The van der Waals surface area contributed by atoms with Crippen LogP contribution in [0.25, 0.3) is 11.2 Å². The number of aromatic nitrogens is 5. The summed E-state index contributed by atoms with van der Waals surface area (Å²) in [6.45, 7) is 2.08. The second-order valence-corrected chi connectivity index (χ2v) is 9.70. The molecule has 2 aliphatic rings. The summed E-state index contributed by atoms with van der Waals surface area (Å²) in [6.07, 6.45) is -0.675. The molecule has 10 nitrogen and oxygen atoms in total. The van der Waals surface area contributed by atoms with E-state index in [4.69, 9.17) is 0 Å². The number of rotatable bonds is 8. The highest BCUT2D eigenvalue weighted by atomic mass is 32.2. The highest BCUT2D eigenvalue weighted by Gasteiger charge is 2.47. The minimum absolute atomic E-state index is 0.0407. The zero-order chi connectivity index (χ0) is 23.1. The molecule has 33 heavy (non-hydrogen) atoms. The fourth-order valence-electron chi connectivity index (χ4n) is 4.49. The Kier molecular flexibility index (Phi) is 5.94. The van der Waals surface area contributed by atoms with Crippen molar-refractivity contribution in [1.82, 2.24) is 25.0 Å². The van der Waals surface area contributed by atoms with E-state index in [-0.39, 0.29) is 12.5 Å². The van der Waals surface area contributed by atoms with Crippen LogP contribution in [-0.2, 0) is 4.79 Å². The SMILES string of the molecule is CCCSc1nc(N[C@@H]2C[C@H]2c2ccccc2)c2nnn([C@@H]3C[C@H](C(=O)O)[C@@H](O)[C@H]3O)c2n1. The minimum Gasteiger partial charge on any atom is -0.481 e. The number of aliphatic hydroxyl groups is 2. The van der Waals surface area contributed by atoms with Gasteiger partial charge in [-0.25, -0.2) is 14.6 Å². The molecule has 2 aromatic heterocycles. The molecule has 6 atom stereocenters. The third kappa shape index (κ3) is 4.16. The van der Waals surface area contributed by atoms with Crippen LogP contribution in [0.4, 0.5) is 5.82 Å². The van der Waals surface area contributed by atoms with Crippen molar-refractivity contribution < 1.29 is 20.1 Å². The first-order valence-corrected chi connectivity index (χ1v) is 12.1. The summed E-state index contributed by atoms with van der Waals surface area (Å²) in [5, 5.41) is 42.7. The van der Waals surface area contributed by atoms with Gasteiger partial charge in [0, 0.05) is 17.7 Å². The molecule has 0 aliphatic heterocycles. The lowest BCUT2D eigenvalue weighted by molar-refractivity contribution is -0.145. The number of fused-ring (bicyclic) bond motifs is 1. The summed E-state index contributed by atoms with van der Waals surface area (Å²) < 4.78 is 1.44. The van der Waals surface area contributed by atoms with Crippen molar-refractivity contribution in [3.63, 3.8) is 0 Å². The zero-order valence-corrected chi connectivity index (χ0v) is 18.9. The van der Waals surface area contributed by atoms with E-state index in [1.807, 2.05) is 18.2 Å². The van der Waals surface area contributed by atoms with Crippen LogP contribution in [0.15, 0.2) is 35.5 Å². The number of carboxylic acid groups (broad SMARTS) is 1. The van der Waals surface area contributed by atoms with Gasteiger partial charge in [0.1, 0.15) is 6.10 Å². The average Bonchev–Trinajstić information content (AvgIpc) is 3.35. The smallest absolute Gasteiger partial charge is 0.309 e. The molecule has 0 bridgehead atoms. The molecule has 3 aromatic rings. The lowest BCUT2D eigenvalue weighted by Crippen LogP contribution is -2.32. The molecule has 4 N–H and O–H groups in total. The van der Waals surface area contributed by atoms with Gasteiger partial charge in [-0.15, -0.1) is 5.10 Å². The maximum absolute atomic E-state index is 11.5. The molecular formula is C22H26N6O4S. The first-order chi connectivity index (χ1) is 16.0. The standard InChI is InChI=1S/C22H26N6O4S/c1-2-8-33-22-24-19(23-14-9-12(14)11-6-4-3-5-7-11)16-20(25-22)28(27-26-16)15-10-13(21(31)32)17(29)18(15)30/h3-7,12-15,17-18,29-30H,2,8-10H2,1H3,(H,31,32)(H,23,24,25)/t12-,13-,14+,15+,17+,18-/m0/s1. The Balaban J connectivity index is 1.47. The number of aliphatic carboxylic acids is 1. The molecule has 0 unspecified atom stereocenters. The van der Waals surface area contributed by atoms with Gasteiger partial charge in [-0.1, -0.05) is 54.2 Å². The molecule has 2 heterocycles. The Bertz CT molecular complexity index is 1160. The van der Waals surface area contributed by atoms with Crippen LogP contribution in [0.3, 0.4) is 0 Å². The van der Waals surface area contributed by atoms with Gasteiger partial charge in [-0.05, 0) is 24.8 Å². The van der Waals surface area contributed by atoms with E-state index in [0.29, 0.717) is 28.1 Å². The number of hydrogen-bond acceptors (Lipinski definition) is 9. The van der Waals surface area contributed by atoms with E-state index in [1.165, 1.54) is 22.0 Å². The van der Waals surface area contributed by atoms with E-state index in [9.17, 15) is 20.1 Å². The lowest BCUT2D eigenvalue weighted by Gasteiger charge is -2.16. The third-order valence-corrected chi connectivity index (χ3v) is 7.42. The number of aliphatic hydroxyl groups excluding tert-OH is 2. The summed E-state index contributed by atoms with van der Waals surface area (Å²) in [4.78, 5) is 20.8. The summed E-state index contributed by atoms with van der Waals surface area (Å²) in [6, 6.07) is 9.78. The molecule has 0 radical (unpaired) electrons. The van der Waals surface area contributed by atoms with Crippen molar-refractivity contribution in [2.75, 3.05) is 11.1 Å². The highest BCUT2D eigenvalue weighted by Crippen LogP contribution is 2.43. The maximum Gasteiger partial charge on any atom is 0.309 e. The molecule has 0 saturated heterocycles. The van der Waals surface area contributed by atoms with Crippen molar-refractivity contribution >= 4 is 34.7 Å². The molecule has 11 heteroatoms. The van der Waals surface area contributed by atoms with E-state index in [2.05, 4.69) is 44.7 Å². The molecule has 174 valence electrons. The van der Waals surface area contributed by atoms with Crippen LogP contribution in [0, 0.1) is 5.92 Å². The third-order valence-electron chi connectivity index (χ3n) is 6.36. The second-order valence-electron chi connectivity index (χ2n) is 8.64. The molecule has 0 amide bonds. The van der Waals surface area contributed by atoms with Crippen LogP contribution >= 0.6 is 11.8 Å². The van der Waals surface area contributed by atoms with Gasteiger partial charge < -0.3 is 20.6 Å². The van der Waals surface area contributed by atoms with Gasteiger partial charge in [0.25, 0.3) is 0 Å². The topological polar surface area (TPSA) is 146 Å². The largest absolute Gasteiger partial charge is 0.481 e. The normalized spacial score (nSPS) is 28.8. The predicted octanol–water partition coefficient (Wildman–Crippen LogP) is 2.06. The van der Waals surface area contributed by atoms with Gasteiger partial charge >= 0.3 is 5.97 Å². The van der Waals surface area contributed by atoms with Crippen LogP contribution in [0.2, 0.25) is 0 Å². The quantitative estimate of drug-likeness (QED) is 0.285. The number of anilines is 1. The molecular weight excluding hydrogens is 444 g/mol. The van der Waals surface area contributed by atoms with Gasteiger partial charge in [-0.3, -0.25) is 4.79 Å². The molecule has 2 aliphatic carbocycles. The predicted molar refractivity (Wildman–Crippen MR) is 122 cm³/mol. The molecule has 1 aromatic carbocycles. The van der Waals surface area contributed by atoms with Gasteiger partial charge in [-0.2, -0.15) is 0 Å². The van der Waals surface area contributed by atoms with E-state index >= 15 is 0 Å². The number of nitrogens with one attached hydrogen (secondary N) is 1. The van der Waals surface area contributed by atoms with Crippen molar-refractivity contribution in [3.8, 4) is 0 Å². The number of hydrogen-bond donors (Lipinski definition) is 4. The highest BCUT2D eigenvalue weighted by molar-refractivity contribution is 7.99. The Labute approximate surface area is 194 Å².